The Morgan fingerprint density at radius 3 is 1.61 bits per heavy atom. The zero-order valence-corrected chi connectivity index (χ0v) is 31.9. The standard InChI is InChI=1S/C54H34N4O/c1-3-15-36(16-4-1)52-55-53(37-17-5-2-6-18-37)57-54(56-52)45-31-38(32-48-49(45)44-24-12-14-26-47(44)59-48)35-29-27-34(28-30-35)33-58-46-25-13-11-23-43(46)50-41-21-9-7-19-39(41)40-20-8-10-22-42(40)51(50)58/h1-32H,33H2. The third kappa shape index (κ3) is 5.43. The first-order valence-electron chi connectivity index (χ1n) is 20.0. The van der Waals surface area contributed by atoms with Crippen LogP contribution in [0, 0.1) is 0 Å². The molecule has 0 saturated carbocycles. The quantitative estimate of drug-likeness (QED) is 0.159. The average Bonchev–Trinajstić information content (AvgIpc) is 3.85. The van der Waals surface area contributed by atoms with Gasteiger partial charge in [-0.1, -0.05) is 170 Å². The Kier molecular flexibility index (Phi) is 7.53. The first kappa shape index (κ1) is 33.3. The maximum atomic E-state index is 6.57. The molecule has 5 nitrogen and oxygen atoms in total. The SMILES string of the molecule is c1ccc(-c2nc(-c3ccccc3)nc(-c3cc(-c4ccc(Cn5c6ccccc6c6c7ccccc7c7ccccc7c65)cc4)cc4oc5ccccc5c34)n2)cc1. The van der Waals surface area contributed by atoms with Gasteiger partial charge < -0.3 is 8.98 Å². The van der Waals surface area contributed by atoms with E-state index in [1.54, 1.807) is 0 Å². The van der Waals surface area contributed by atoms with Crippen molar-refractivity contribution in [3.63, 3.8) is 0 Å². The van der Waals surface area contributed by atoms with Gasteiger partial charge in [-0.25, -0.2) is 15.0 Å². The Morgan fingerprint density at radius 2 is 0.915 bits per heavy atom. The maximum Gasteiger partial charge on any atom is 0.164 e. The van der Waals surface area contributed by atoms with E-state index in [1.165, 1.54) is 48.9 Å². The number of fused-ring (bicyclic) bond motifs is 11. The topological polar surface area (TPSA) is 56.7 Å². The molecular formula is C54H34N4O. The van der Waals surface area contributed by atoms with Crippen LogP contribution in [0.25, 0.3) is 111 Å². The van der Waals surface area contributed by atoms with Crippen molar-refractivity contribution in [3.8, 4) is 45.3 Å². The fourth-order valence-electron chi connectivity index (χ4n) is 8.99. The number of furan rings is 1. The van der Waals surface area contributed by atoms with E-state index in [9.17, 15) is 0 Å². The van der Waals surface area contributed by atoms with Gasteiger partial charge in [0.15, 0.2) is 17.5 Å². The lowest BCUT2D eigenvalue weighted by molar-refractivity contribution is 0.669. The lowest BCUT2D eigenvalue weighted by Gasteiger charge is -2.13. The van der Waals surface area contributed by atoms with Gasteiger partial charge in [0.1, 0.15) is 11.2 Å². The molecule has 0 aliphatic rings. The van der Waals surface area contributed by atoms with Crippen molar-refractivity contribution in [2.24, 2.45) is 0 Å². The lowest BCUT2D eigenvalue weighted by Crippen LogP contribution is -2.01. The molecule has 3 heterocycles. The minimum Gasteiger partial charge on any atom is -0.456 e. The Bertz CT molecular complexity index is 3510. The summed E-state index contributed by atoms with van der Waals surface area (Å²) in [6.45, 7) is 0.732. The van der Waals surface area contributed by atoms with Crippen LogP contribution in [0.15, 0.2) is 199 Å². The van der Waals surface area contributed by atoms with Crippen LogP contribution in [0.1, 0.15) is 5.56 Å². The molecule has 0 amide bonds. The highest BCUT2D eigenvalue weighted by molar-refractivity contribution is 6.31. The lowest BCUT2D eigenvalue weighted by atomic mass is 9.96. The van der Waals surface area contributed by atoms with Gasteiger partial charge in [-0.3, -0.25) is 0 Å². The van der Waals surface area contributed by atoms with Gasteiger partial charge in [-0.05, 0) is 57.1 Å². The van der Waals surface area contributed by atoms with Gasteiger partial charge in [0.2, 0.25) is 0 Å². The van der Waals surface area contributed by atoms with Gasteiger partial charge in [0.05, 0.1) is 5.52 Å². The second kappa shape index (κ2) is 13.4. The number of hydrogen-bond donors (Lipinski definition) is 0. The van der Waals surface area contributed by atoms with Crippen molar-refractivity contribution < 1.29 is 4.42 Å². The van der Waals surface area contributed by atoms with E-state index in [4.69, 9.17) is 19.4 Å². The van der Waals surface area contributed by atoms with Gasteiger partial charge in [0, 0.05) is 55.7 Å². The summed E-state index contributed by atoms with van der Waals surface area (Å²) in [5.41, 5.74) is 10.2. The van der Waals surface area contributed by atoms with Crippen molar-refractivity contribution in [2.45, 2.75) is 6.54 Å². The Balaban J connectivity index is 1.01. The van der Waals surface area contributed by atoms with Crippen LogP contribution in [0.4, 0.5) is 0 Å². The molecule has 0 unspecified atom stereocenters. The van der Waals surface area contributed by atoms with E-state index in [1.807, 2.05) is 78.9 Å². The van der Waals surface area contributed by atoms with Crippen molar-refractivity contribution in [2.75, 3.05) is 0 Å². The molecule has 0 spiro atoms. The average molecular weight is 755 g/mol. The Morgan fingerprint density at radius 1 is 0.373 bits per heavy atom. The molecule has 12 rings (SSSR count). The third-order valence-corrected chi connectivity index (χ3v) is 11.7. The van der Waals surface area contributed by atoms with Gasteiger partial charge in [0.25, 0.3) is 0 Å². The number of rotatable bonds is 6. The predicted molar refractivity (Wildman–Crippen MR) is 242 cm³/mol. The molecule has 0 radical (unpaired) electrons. The highest BCUT2D eigenvalue weighted by atomic mass is 16.3. The van der Waals surface area contributed by atoms with Crippen molar-refractivity contribution in [1.82, 2.24) is 19.5 Å². The minimum absolute atomic E-state index is 0.596. The monoisotopic (exact) mass is 754 g/mol. The van der Waals surface area contributed by atoms with Crippen molar-refractivity contribution in [3.05, 3.63) is 200 Å². The molecule has 0 fully saturated rings. The molecule has 0 N–H and O–H groups in total. The first-order chi connectivity index (χ1) is 29.2. The summed E-state index contributed by atoms with van der Waals surface area (Å²) in [6, 6.07) is 68.2. The summed E-state index contributed by atoms with van der Waals surface area (Å²) in [7, 11) is 0. The summed E-state index contributed by atoms with van der Waals surface area (Å²) in [5, 5.41) is 9.70. The summed E-state index contributed by atoms with van der Waals surface area (Å²) >= 11 is 0. The van der Waals surface area contributed by atoms with Gasteiger partial charge >= 0.3 is 0 Å². The maximum absolute atomic E-state index is 6.57. The van der Waals surface area contributed by atoms with Crippen LogP contribution < -0.4 is 0 Å². The second-order valence-electron chi connectivity index (χ2n) is 15.1. The van der Waals surface area contributed by atoms with Crippen LogP contribution in [0.3, 0.4) is 0 Å². The number of aromatic nitrogens is 4. The normalized spacial score (nSPS) is 11.8. The predicted octanol–water partition coefficient (Wildman–Crippen LogP) is 13.9. The largest absolute Gasteiger partial charge is 0.456 e. The van der Waals surface area contributed by atoms with E-state index in [0.717, 1.165) is 56.3 Å². The van der Waals surface area contributed by atoms with E-state index in [0.29, 0.717) is 17.5 Å². The molecule has 0 saturated heterocycles. The zero-order valence-electron chi connectivity index (χ0n) is 31.9. The Hall–Kier alpha value is -7.89. The number of hydrogen-bond acceptors (Lipinski definition) is 4. The molecule has 5 heteroatoms. The molecule has 276 valence electrons. The Labute approximate surface area is 339 Å². The molecular weight excluding hydrogens is 721 g/mol. The van der Waals surface area contributed by atoms with Crippen LogP contribution >= 0.6 is 0 Å². The second-order valence-corrected chi connectivity index (χ2v) is 15.1. The molecule has 9 aromatic carbocycles. The molecule has 0 aliphatic carbocycles. The number of para-hydroxylation sites is 2. The number of nitrogens with zero attached hydrogens (tertiary/aromatic N) is 4. The van der Waals surface area contributed by atoms with E-state index < -0.39 is 0 Å². The molecule has 0 aliphatic heterocycles. The van der Waals surface area contributed by atoms with Gasteiger partial charge in [-0.2, -0.15) is 0 Å². The molecule has 0 bridgehead atoms. The van der Waals surface area contributed by atoms with Crippen LogP contribution in [0.5, 0.6) is 0 Å². The molecule has 0 atom stereocenters. The first-order valence-corrected chi connectivity index (χ1v) is 20.0. The number of benzene rings is 9. The van der Waals surface area contributed by atoms with E-state index in [2.05, 4.69) is 120 Å². The van der Waals surface area contributed by atoms with E-state index >= 15 is 0 Å². The summed E-state index contributed by atoms with van der Waals surface area (Å²) in [6.07, 6.45) is 0. The van der Waals surface area contributed by atoms with Crippen LogP contribution in [-0.4, -0.2) is 19.5 Å². The zero-order chi connectivity index (χ0) is 38.9. The fraction of sp³-hybridized carbons (Fsp3) is 0.0185. The summed E-state index contributed by atoms with van der Waals surface area (Å²) in [4.78, 5) is 15.3. The molecule has 3 aromatic heterocycles. The summed E-state index contributed by atoms with van der Waals surface area (Å²) in [5.74, 6) is 1.84. The van der Waals surface area contributed by atoms with E-state index in [-0.39, 0.29) is 0 Å². The highest BCUT2D eigenvalue weighted by Crippen LogP contribution is 2.42. The van der Waals surface area contributed by atoms with Crippen molar-refractivity contribution in [1.29, 1.82) is 0 Å². The fourth-order valence-corrected chi connectivity index (χ4v) is 8.99. The van der Waals surface area contributed by atoms with Crippen LogP contribution in [0.2, 0.25) is 0 Å². The molecule has 59 heavy (non-hydrogen) atoms. The molecule has 12 aromatic rings. The highest BCUT2D eigenvalue weighted by Gasteiger charge is 2.21. The smallest absolute Gasteiger partial charge is 0.164 e. The third-order valence-electron chi connectivity index (χ3n) is 11.7. The van der Waals surface area contributed by atoms with Crippen molar-refractivity contribution >= 4 is 65.3 Å². The minimum atomic E-state index is 0.596. The van der Waals surface area contributed by atoms with Gasteiger partial charge in [-0.15, -0.1) is 0 Å². The summed E-state index contributed by atoms with van der Waals surface area (Å²) < 4.78 is 9.08. The van der Waals surface area contributed by atoms with Crippen LogP contribution in [-0.2, 0) is 6.54 Å².